The molecule has 1 heterocycles. The van der Waals surface area contributed by atoms with Crippen LogP contribution in [-0.4, -0.2) is 36.3 Å². The normalized spacial score (nSPS) is 11.1. The monoisotopic (exact) mass is 529 g/mol. The van der Waals surface area contributed by atoms with Gasteiger partial charge in [0, 0.05) is 32.1 Å². The van der Waals surface area contributed by atoms with Crippen molar-refractivity contribution in [2.24, 2.45) is 4.99 Å². The number of nitrogens with one attached hydrogen (secondary N) is 2. The Hall–Kier alpha value is -1.84. The van der Waals surface area contributed by atoms with Crippen molar-refractivity contribution in [1.29, 1.82) is 0 Å². The van der Waals surface area contributed by atoms with Gasteiger partial charge in [0.1, 0.15) is 5.75 Å². The molecule has 8 heteroatoms. The summed E-state index contributed by atoms with van der Waals surface area (Å²) in [6, 6.07) is 6.35. The van der Waals surface area contributed by atoms with Gasteiger partial charge < -0.3 is 19.9 Å². The molecule has 2 rings (SSSR count). The van der Waals surface area contributed by atoms with Gasteiger partial charge in [-0.05, 0) is 38.3 Å². The summed E-state index contributed by atoms with van der Waals surface area (Å²) in [5, 5.41) is 10.5. The quantitative estimate of drug-likeness (QED) is 0.182. The van der Waals surface area contributed by atoms with Gasteiger partial charge in [-0.25, -0.2) is 0 Å². The van der Waals surface area contributed by atoms with Crippen molar-refractivity contribution in [3.63, 3.8) is 0 Å². The molecule has 7 nitrogen and oxygen atoms in total. The smallest absolute Gasteiger partial charge is 0.226 e. The van der Waals surface area contributed by atoms with E-state index in [1.807, 2.05) is 6.92 Å². The van der Waals surface area contributed by atoms with Crippen LogP contribution >= 0.6 is 24.0 Å². The summed E-state index contributed by atoms with van der Waals surface area (Å²) in [7, 11) is 1.77. The summed E-state index contributed by atoms with van der Waals surface area (Å²) in [4.78, 5) is 8.51. The molecule has 0 atom stereocenters. The number of aryl methyl sites for hydroxylation is 3. The lowest BCUT2D eigenvalue weighted by Crippen LogP contribution is -2.37. The van der Waals surface area contributed by atoms with E-state index in [1.165, 1.54) is 24.8 Å². The van der Waals surface area contributed by atoms with E-state index in [0.29, 0.717) is 18.3 Å². The summed E-state index contributed by atoms with van der Waals surface area (Å²) >= 11 is 0. The minimum atomic E-state index is 0. The van der Waals surface area contributed by atoms with Crippen LogP contribution in [-0.2, 0) is 13.0 Å². The van der Waals surface area contributed by atoms with Gasteiger partial charge in [0.15, 0.2) is 11.8 Å². The molecule has 0 bridgehead atoms. The van der Waals surface area contributed by atoms with Gasteiger partial charge in [-0.15, -0.1) is 24.0 Å². The standard InChI is InChI=1S/C22H35N5O2.HI/c1-5-6-7-8-14-28-20-15-17(2)11-12-19(20)16-25-22(23-4)24-13-9-10-21-26-18(3)27-29-21;/h11-12,15H,5-10,13-14,16H2,1-4H3,(H2,23,24,25);1H. The Labute approximate surface area is 197 Å². The molecule has 2 aromatic rings. The predicted molar refractivity (Wildman–Crippen MR) is 132 cm³/mol. The number of unbranched alkanes of at least 4 members (excludes halogenated alkanes) is 3. The molecule has 0 aliphatic rings. The third kappa shape index (κ3) is 9.77. The first kappa shape index (κ1) is 26.2. The van der Waals surface area contributed by atoms with Crippen LogP contribution in [0.25, 0.3) is 0 Å². The predicted octanol–water partition coefficient (Wildman–Crippen LogP) is 4.56. The maximum atomic E-state index is 6.06. The lowest BCUT2D eigenvalue weighted by molar-refractivity contribution is 0.301. The summed E-state index contributed by atoms with van der Waals surface area (Å²) in [5.41, 5.74) is 2.34. The van der Waals surface area contributed by atoms with E-state index >= 15 is 0 Å². The lowest BCUT2D eigenvalue weighted by Gasteiger charge is -2.15. The number of nitrogens with zero attached hydrogens (tertiary/aromatic N) is 3. The van der Waals surface area contributed by atoms with Crippen LogP contribution in [0.1, 0.15) is 61.9 Å². The van der Waals surface area contributed by atoms with Crippen LogP contribution < -0.4 is 15.4 Å². The van der Waals surface area contributed by atoms with Crippen molar-refractivity contribution in [1.82, 2.24) is 20.8 Å². The number of aliphatic imine (C=N–C) groups is 1. The van der Waals surface area contributed by atoms with E-state index in [2.05, 4.69) is 57.8 Å². The van der Waals surface area contributed by atoms with Crippen LogP contribution in [0, 0.1) is 13.8 Å². The second-order valence-corrected chi connectivity index (χ2v) is 7.21. The molecule has 0 fully saturated rings. The van der Waals surface area contributed by atoms with E-state index in [0.717, 1.165) is 49.7 Å². The number of hydrogen-bond acceptors (Lipinski definition) is 5. The van der Waals surface area contributed by atoms with Crippen LogP contribution in [0.2, 0.25) is 0 Å². The van der Waals surface area contributed by atoms with Gasteiger partial charge >= 0.3 is 0 Å². The molecule has 0 aliphatic carbocycles. The van der Waals surface area contributed by atoms with E-state index in [9.17, 15) is 0 Å². The molecule has 1 aromatic heterocycles. The molecule has 2 N–H and O–H groups in total. The highest BCUT2D eigenvalue weighted by molar-refractivity contribution is 14.0. The van der Waals surface area contributed by atoms with Crippen molar-refractivity contribution >= 4 is 29.9 Å². The maximum Gasteiger partial charge on any atom is 0.226 e. The Kier molecular flexibility index (Phi) is 13.1. The van der Waals surface area contributed by atoms with Crippen LogP contribution in [0.15, 0.2) is 27.7 Å². The molecule has 0 aliphatic heterocycles. The highest BCUT2D eigenvalue weighted by atomic mass is 127. The van der Waals surface area contributed by atoms with E-state index in [4.69, 9.17) is 9.26 Å². The molecular weight excluding hydrogens is 493 g/mol. The molecule has 1 aromatic carbocycles. The number of hydrogen-bond donors (Lipinski definition) is 2. The van der Waals surface area contributed by atoms with Crippen molar-refractivity contribution in [2.45, 2.75) is 65.8 Å². The minimum absolute atomic E-state index is 0. The summed E-state index contributed by atoms with van der Waals surface area (Å²) in [5.74, 6) is 3.07. The van der Waals surface area contributed by atoms with Gasteiger partial charge in [-0.1, -0.05) is 43.5 Å². The zero-order chi connectivity index (χ0) is 20.9. The minimum Gasteiger partial charge on any atom is -0.493 e. The molecule has 0 unspecified atom stereocenters. The van der Waals surface area contributed by atoms with Crippen molar-refractivity contribution in [2.75, 3.05) is 20.2 Å². The van der Waals surface area contributed by atoms with Gasteiger partial charge in [0.2, 0.25) is 5.89 Å². The fraction of sp³-hybridized carbons (Fsp3) is 0.591. The molecule has 0 saturated heterocycles. The van der Waals surface area contributed by atoms with Gasteiger partial charge in [-0.2, -0.15) is 4.98 Å². The molecule has 0 amide bonds. The molecule has 168 valence electrons. The van der Waals surface area contributed by atoms with E-state index in [1.54, 1.807) is 7.05 Å². The fourth-order valence-electron chi connectivity index (χ4n) is 2.94. The summed E-state index contributed by atoms with van der Waals surface area (Å²) in [6.07, 6.45) is 6.45. The Balaban J connectivity index is 0.00000450. The van der Waals surface area contributed by atoms with E-state index in [-0.39, 0.29) is 24.0 Å². The Morgan fingerprint density at radius 3 is 2.67 bits per heavy atom. The number of halogens is 1. The summed E-state index contributed by atoms with van der Waals surface area (Å²) < 4.78 is 11.2. The van der Waals surface area contributed by atoms with Crippen molar-refractivity contribution < 1.29 is 9.26 Å². The number of benzene rings is 1. The molecule has 30 heavy (non-hydrogen) atoms. The first-order valence-electron chi connectivity index (χ1n) is 10.6. The molecular formula is C22H36IN5O2. The Bertz CT molecular complexity index is 764. The van der Waals surface area contributed by atoms with Crippen LogP contribution in [0.4, 0.5) is 0 Å². The highest BCUT2D eigenvalue weighted by Crippen LogP contribution is 2.21. The zero-order valence-corrected chi connectivity index (χ0v) is 21.0. The van der Waals surface area contributed by atoms with Gasteiger partial charge in [0.25, 0.3) is 0 Å². The zero-order valence-electron chi connectivity index (χ0n) is 18.7. The number of aromatic nitrogens is 2. The lowest BCUT2D eigenvalue weighted by atomic mass is 10.1. The third-order valence-electron chi connectivity index (χ3n) is 4.58. The van der Waals surface area contributed by atoms with Crippen LogP contribution in [0.3, 0.4) is 0 Å². The van der Waals surface area contributed by atoms with Crippen LogP contribution in [0.5, 0.6) is 5.75 Å². The average Bonchev–Trinajstić information content (AvgIpc) is 3.13. The Morgan fingerprint density at radius 2 is 1.97 bits per heavy atom. The Morgan fingerprint density at radius 1 is 1.13 bits per heavy atom. The highest BCUT2D eigenvalue weighted by Gasteiger charge is 2.07. The molecule has 0 spiro atoms. The van der Waals surface area contributed by atoms with Gasteiger partial charge in [0.05, 0.1) is 6.61 Å². The second kappa shape index (κ2) is 15.0. The number of ether oxygens (including phenoxy) is 1. The first-order chi connectivity index (χ1) is 14.1. The summed E-state index contributed by atoms with van der Waals surface area (Å²) in [6.45, 7) is 8.33. The van der Waals surface area contributed by atoms with Crippen molar-refractivity contribution in [3.8, 4) is 5.75 Å². The third-order valence-corrected chi connectivity index (χ3v) is 4.58. The maximum absolute atomic E-state index is 6.06. The first-order valence-corrected chi connectivity index (χ1v) is 10.6. The SMILES string of the molecule is CCCCCCOc1cc(C)ccc1CNC(=NC)NCCCc1nc(C)no1.I. The topological polar surface area (TPSA) is 84.6 Å². The number of rotatable bonds is 12. The largest absolute Gasteiger partial charge is 0.493 e. The fourth-order valence-corrected chi connectivity index (χ4v) is 2.94. The average molecular weight is 529 g/mol. The second-order valence-electron chi connectivity index (χ2n) is 7.21. The van der Waals surface area contributed by atoms with Gasteiger partial charge in [-0.3, -0.25) is 4.99 Å². The van der Waals surface area contributed by atoms with E-state index < -0.39 is 0 Å². The number of guanidine groups is 1. The van der Waals surface area contributed by atoms with Crippen molar-refractivity contribution in [3.05, 3.63) is 41.0 Å². The molecule has 0 saturated carbocycles. The molecule has 0 radical (unpaired) electrons.